The van der Waals surface area contributed by atoms with Crippen LogP contribution < -0.4 is 4.80 Å². The van der Waals surface area contributed by atoms with E-state index in [-0.39, 0.29) is 5.04 Å². The van der Waals surface area contributed by atoms with Crippen LogP contribution in [0.15, 0.2) is 28.7 Å². The first kappa shape index (κ1) is 22.5. The van der Waals surface area contributed by atoms with Crippen LogP contribution in [0, 0.1) is 0 Å². The van der Waals surface area contributed by atoms with Gasteiger partial charge in [0, 0.05) is 24.3 Å². The van der Waals surface area contributed by atoms with Gasteiger partial charge in [0.05, 0.1) is 19.3 Å². The average Bonchev–Trinajstić information content (AvgIpc) is 3.28. The minimum Gasteiger partial charge on any atom is -0.411 e. The van der Waals surface area contributed by atoms with Crippen LogP contribution in [0.3, 0.4) is 0 Å². The van der Waals surface area contributed by atoms with Gasteiger partial charge < -0.3 is 9.16 Å². The Morgan fingerprint density at radius 3 is 2.63 bits per heavy atom. The SMILES string of the molecule is COCn1ccsc1=Nc1cc(-c2nnn(C)n2)cc(CO[Si](C)(C)C(C)(C)C)n1. The molecule has 0 aliphatic rings. The Labute approximate surface area is 181 Å². The van der Waals surface area contributed by atoms with E-state index in [4.69, 9.17) is 19.1 Å². The number of hydrogen-bond donors (Lipinski definition) is 0. The number of aryl methyl sites for hydroxylation is 1. The van der Waals surface area contributed by atoms with Gasteiger partial charge in [-0.3, -0.25) is 4.57 Å². The molecule has 11 heteroatoms. The maximum Gasteiger partial charge on any atom is 0.205 e. The van der Waals surface area contributed by atoms with E-state index in [9.17, 15) is 0 Å². The number of nitrogens with zero attached hydrogens (tertiary/aromatic N) is 7. The first-order chi connectivity index (χ1) is 14.1. The molecule has 0 fully saturated rings. The van der Waals surface area contributed by atoms with E-state index in [1.165, 1.54) is 16.1 Å². The standard InChI is InChI=1S/C19H29N7O2SSi/c1-19(2,3)30(6,7)28-12-15-10-14(17-22-24-25(4)23-17)11-16(20-15)21-18-26(13-27-5)8-9-29-18/h8-11H,12-13H2,1-7H3. The van der Waals surface area contributed by atoms with Crippen LogP contribution >= 0.6 is 11.3 Å². The Morgan fingerprint density at radius 2 is 2.00 bits per heavy atom. The summed E-state index contributed by atoms with van der Waals surface area (Å²) in [4.78, 5) is 11.7. The summed E-state index contributed by atoms with van der Waals surface area (Å²) in [5.74, 6) is 1.10. The van der Waals surface area contributed by atoms with Crippen molar-refractivity contribution in [2.75, 3.05) is 7.11 Å². The van der Waals surface area contributed by atoms with E-state index in [1.54, 1.807) is 14.2 Å². The zero-order chi connectivity index (χ0) is 21.9. The van der Waals surface area contributed by atoms with Crippen molar-refractivity contribution in [1.82, 2.24) is 29.8 Å². The van der Waals surface area contributed by atoms with E-state index < -0.39 is 8.32 Å². The molecule has 9 nitrogen and oxygen atoms in total. The number of thiazole rings is 1. The fourth-order valence-corrected chi connectivity index (χ4v) is 4.09. The van der Waals surface area contributed by atoms with Crippen molar-refractivity contribution in [2.24, 2.45) is 12.0 Å². The normalized spacial score (nSPS) is 13.2. The number of tetrazole rings is 1. The molecule has 0 unspecified atom stereocenters. The molecular formula is C19H29N7O2SSi. The second-order valence-corrected chi connectivity index (χ2v) is 14.2. The minimum absolute atomic E-state index is 0.118. The number of hydrogen-bond acceptors (Lipinski definition) is 8. The summed E-state index contributed by atoms with van der Waals surface area (Å²) in [5.41, 5.74) is 1.60. The van der Waals surface area contributed by atoms with Gasteiger partial charge in [-0.1, -0.05) is 20.8 Å². The predicted molar refractivity (Wildman–Crippen MR) is 119 cm³/mol. The molecule has 3 aromatic heterocycles. The summed E-state index contributed by atoms with van der Waals surface area (Å²) in [6.45, 7) is 12.0. The second kappa shape index (κ2) is 8.88. The summed E-state index contributed by atoms with van der Waals surface area (Å²) in [6, 6.07) is 3.81. The Hall–Kier alpha value is -2.21. The fraction of sp³-hybridized carbons (Fsp3) is 0.526. The second-order valence-electron chi connectivity index (χ2n) is 8.54. The van der Waals surface area contributed by atoms with E-state index in [1.807, 2.05) is 28.3 Å². The number of aromatic nitrogens is 6. The zero-order valence-corrected chi connectivity index (χ0v) is 20.4. The lowest BCUT2D eigenvalue weighted by atomic mass is 10.2. The highest BCUT2D eigenvalue weighted by molar-refractivity contribution is 7.07. The Bertz CT molecular complexity index is 1070. The molecule has 0 N–H and O–H groups in total. The van der Waals surface area contributed by atoms with Crippen molar-refractivity contribution in [2.45, 2.75) is 52.2 Å². The molecule has 0 amide bonds. The van der Waals surface area contributed by atoms with Crippen LogP contribution in [0.1, 0.15) is 26.5 Å². The molecule has 0 radical (unpaired) electrons. The molecule has 0 atom stereocenters. The monoisotopic (exact) mass is 447 g/mol. The van der Waals surface area contributed by atoms with Crippen LogP contribution in [0.4, 0.5) is 5.82 Å². The van der Waals surface area contributed by atoms with Crippen molar-refractivity contribution in [1.29, 1.82) is 0 Å². The van der Waals surface area contributed by atoms with Crippen LogP contribution in [0.2, 0.25) is 18.1 Å². The third kappa shape index (κ3) is 5.28. The molecule has 0 bridgehead atoms. The van der Waals surface area contributed by atoms with Gasteiger partial charge >= 0.3 is 0 Å². The van der Waals surface area contributed by atoms with Crippen molar-refractivity contribution in [3.63, 3.8) is 0 Å². The molecule has 0 aromatic carbocycles. The Balaban J connectivity index is 2.00. The quantitative estimate of drug-likeness (QED) is 0.515. The largest absolute Gasteiger partial charge is 0.411 e. The van der Waals surface area contributed by atoms with Gasteiger partial charge in [-0.25, -0.2) is 9.98 Å². The van der Waals surface area contributed by atoms with Gasteiger partial charge in [0.1, 0.15) is 6.73 Å². The topological polar surface area (TPSA) is 92.2 Å². The van der Waals surface area contributed by atoms with Crippen molar-refractivity contribution >= 4 is 25.5 Å². The molecule has 0 aliphatic carbocycles. The lowest BCUT2D eigenvalue weighted by molar-refractivity contribution is 0.129. The first-order valence-corrected chi connectivity index (χ1v) is 13.4. The van der Waals surface area contributed by atoms with Crippen molar-refractivity contribution < 1.29 is 9.16 Å². The number of rotatable bonds is 7. The highest BCUT2D eigenvalue weighted by Crippen LogP contribution is 2.37. The average molecular weight is 448 g/mol. The molecule has 0 spiro atoms. The minimum atomic E-state index is -1.92. The summed E-state index contributed by atoms with van der Waals surface area (Å²) in [6.07, 6.45) is 1.93. The van der Waals surface area contributed by atoms with Crippen LogP contribution in [0.25, 0.3) is 11.4 Å². The summed E-state index contributed by atoms with van der Waals surface area (Å²) in [5, 5.41) is 14.5. The molecule has 0 aliphatic heterocycles. The van der Waals surface area contributed by atoms with E-state index in [0.717, 1.165) is 16.1 Å². The van der Waals surface area contributed by atoms with Crippen molar-refractivity contribution in [3.05, 3.63) is 34.2 Å². The molecular weight excluding hydrogens is 418 g/mol. The molecule has 162 valence electrons. The summed E-state index contributed by atoms with van der Waals surface area (Å²) in [7, 11) is 1.48. The van der Waals surface area contributed by atoms with Crippen LogP contribution in [-0.4, -0.2) is 45.2 Å². The molecule has 3 heterocycles. The maximum absolute atomic E-state index is 6.38. The number of ether oxygens (including phenoxy) is 1. The zero-order valence-electron chi connectivity index (χ0n) is 18.6. The predicted octanol–water partition coefficient (Wildman–Crippen LogP) is 3.49. The lowest BCUT2D eigenvalue weighted by Gasteiger charge is -2.36. The van der Waals surface area contributed by atoms with Gasteiger partial charge in [-0.15, -0.1) is 21.5 Å². The molecule has 30 heavy (non-hydrogen) atoms. The van der Waals surface area contributed by atoms with Gasteiger partial charge in [0.2, 0.25) is 5.82 Å². The molecule has 0 saturated carbocycles. The summed E-state index contributed by atoms with van der Waals surface area (Å²) < 4.78 is 13.5. The number of methoxy groups -OCH3 is 1. The smallest absolute Gasteiger partial charge is 0.205 e. The van der Waals surface area contributed by atoms with Crippen molar-refractivity contribution in [3.8, 4) is 11.4 Å². The maximum atomic E-state index is 6.38. The Morgan fingerprint density at radius 1 is 1.23 bits per heavy atom. The van der Waals surface area contributed by atoms with Gasteiger partial charge in [-0.05, 0) is 35.5 Å². The third-order valence-electron chi connectivity index (χ3n) is 5.16. The van der Waals surface area contributed by atoms with E-state index in [0.29, 0.717) is 25.0 Å². The number of pyridine rings is 1. The highest BCUT2D eigenvalue weighted by Gasteiger charge is 2.37. The molecule has 3 rings (SSSR count). The first-order valence-electron chi connectivity index (χ1n) is 9.66. The van der Waals surface area contributed by atoms with Gasteiger partial charge in [0.15, 0.2) is 18.9 Å². The van der Waals surface area contributed by atoms with Gasteiger partial charge in [-0.2, -0.15) is 4.80 Å². The fourth-order valence-electron chi connectivity index (χ4n) is 2.42. The Kier molecular flexibility index (Phi) is 6.65. The van der Waals surface area contributed by atoms with Crippen LogP contribution in [-0.2, 0) is 29.5 Å². The van der Waals surface area contributed by atoms with Gasteiger partial charge in [0.25, 0.3) is 0 Å². The molecule has 0 saturated heterocycles. The lowest BCUT2D eigenvalue weighted by Crippen LogP contribution is -2.40. The highest BCUT2D eigenvalue weighted by atomic mass is 32.1. The van der Waals surface area contributed by atoms with E-state index in [2.05, 4.69) is 49.3 Å². The molecule has 3 aromatic rings. The third-order valence-corrected chi connectivity index (χ3v) is 10.4. The van der Waals surface area contributed by atoms with Crippen LogP contribution in [0.5, 0.6) is 0 Å². The summed E-state index contributed by atoms with van der Waals surface area (Å²) >= 11 is 1.52. The van der Waals surface area contributed by atoms with E-state index >= 15 is 0 Å².